The van der Waals surface area contributed by atoms with Crippen LogP contribution in [0, 0.1) is 0 Å². The van der Waals surface area contributed by atoms with E-state index < -0.39 is 12.3 Å². The normalized spacial score (nSPS) is 16.8. The average molecular weight is 243 g/mol. The molecule has 98 valence electrons. The van der Waals surface area contributed by atoms with Gasteiger partial charge in [-0.2, -0.15) is 0 Å². The van der Waals surface area contributed by atoms with Crippen molar-refractivity contribution in [3.63, 3.8) is 0 Å². The molecule has 1 atom stereocenters. The number of hydrogen-bond donors (Lipinski definition) is 2. The molecular formula is C12H21NO4. The highest BCUT2D eigenvalue weighted by Crippen LogP contribution is 2.02. The molecule has 17 heavy (non-hydrogen) atoms. The molecule has 1 unspecified atom stereocenters. The first-order valence-electron chi connectivity index (χ1n) is 5.74. The van der Waals surface area contributed by atoms with Crippen molar-refractivity contribution in [3.8, 4) is 0 Å². The highest BCUT2D eigenvalue weighted by Gasteiger charge is 2.05. The quantitative estimate of drug-likeness (QED) is 0.433. The van der Waals surface area contributed by atoms with Crippen LogP contribution in [0.1, 0.15) is 39.5 Å². The van der Waals surface area contributed by atoms with Crippen LogP contribution in [0.5, 0.6) is 0 Å². The van der Waals surface area contributed by atoms with Gasteiger partial charge in [-0.25, -0.2) is 4.79 Å². The number of nitrogens with one attached hydrogen (secondary N) is 1. The monoisotopic (exact) mass is 243 g/mol. The van der Waals surface area contributed by atoms with Gasteiger partial charge in [0.25, 0.3) is 0 Å². The maximum Gasteiger partial charge on any atom is 0.335 e. The fourth-order valence-corrected chi connectivity index (χ4v) is 1.16. The Hall–Kier alpha value is -1.36. The summed E-state index contributed by atoms with van der Waals surface area (Å²) >= 11 is 0. The molecule has 0 aromatic heterocycles. The van der Waals surface area contributed by atoms with Crippen LogP contribution in [-0.4, -0.2) is 29.8 Å². The molecule has 1 aliphatic heterocycles. The number of carbonyl (C=O) groups is 2. The van der Waals surface area contributed by atoms with Gasteiger partial charge in [-0.1, -0.05) is 13.0 Å². The van der Waals surface area contributed by atoms with Gasteiger partial charge in [-0.15, -0.1) is 0 Å². The van der Waals surface area contributed by atoms with Gasteiger partial charge in [0.05, 0.1) is 0 Å². The van der Waals surface area contributed by atoms with Crippen LogP contribution >= 0.6 is 0 Å². The minimum Gasteiger partial charge on any atom is -0.433 e. The van der Waals surface area contributed by atoms with Crippen LogP contribution in [0.4, 0.5) is 0 Å². The summed E-state index contributed by atoms with van der Waals surface area (Å²) < 4.78 is 4.33. The van der Waals surface area contributed by atoms with E-state index >= 15 is 0 Å². The predicted octanol–water partition coefficient (Wildman–Crippen LogP) is 1.12. The van der Waals surface area contributed by atoms with E-state index in [1.54, 1.807) is 0 Å². The molecular weight excluding hydrogens is 222 g/mol. The van der Waals surface area contributed by atoms with Crippen molar-refractivity contribution in [1.29, 1.82) is 0 Å². The SMILES string of the molecule is C=C(C)C(=O)OC(C)O.O=C1CCCCCN1. The maximum absolute atomic E-state index is 10.6. The number of amides is 1. The number of rotatable bonds is 2. The molecule has 1 aliphatic rings. The highest BCUT2D eigenvalue weighted by molar-refractivity contribution is 5.86. The summed E-state index contributed by atoms with van der Waals surface area (Å²) in [6.07, 6.45) is 3.13. The summed E-state index contributed by atoms with van der Waals surface area (Å²) in [4.78, 5) is 21.0. The van der Waals surface area contributed by atoms with Crippen molar-refractivity contribution < 1.29 is 19.4 Å². The topological polar surface area (TPSA) is 75.6 Å². The van der Waals surface area contributed by atoms with Crippen LogP contribution in [0.25, 0.3) is 0 Å². The summed E-state index contributed by atoms with van der Waals surface area (Å²) in [5.41, 5.74) is 0.288. The molecule has 2 N–H and O–H groups in total. The molecule has 0 aliphatic carbocycles. The second-order valence-electron chi connectivity index (χ2n) is 3.95. The van der Waals surface area contributed by atoms with E-state index in [-0.39, 0.29) is 11.5 Å². The third-order valence-electron chi connectivity index (χ3n) is 2.03. The van der Waals surface area contributed by atoms with E-state index in [1.807, 2.05) is 0 Å². The van der Waals surface area contributed by atoms with Crippen molar-refractivity contribution in [3.05, 3.63) is 12.2 Å². The van der Waals surface area contributed by atoms with Gasteiger partial charge in [-0.05, 0) is 26.7 Å². The number of esters is 1. The third kappa shape index (κ3) is 9.56. The van der Waals surface area contributed by atoms with Crippen molar-refractivity contribution in [2.75, 3.05) is 6.54 Å². The molecule has 5 heteroatoms. The first-order chi connectivity index (χ1) is 7.93. The molecule has 0 bridgehead atoms. The van der Waals surface area contributed by atoms with E-state index in [1.165, 1.54) is 20.3 Å². The average Bonchev–Trinajstić information content (AvgIpc) is 2.45. The van der Waals surface area contributed by atoms with Crippen molar-refractivity contribution in [2.45, 2.75) is 45.8 Å². The zero-order valence-electron chi connectivity index (χ0n) is 10.5. The lowest BCUT2D eigenvalue weighted by molar-refractivity contribution is -0.159. The van der Waals surface area contributed by atoms with Crippen LogP contribution < -0.4 is 5.32 Å². The number of aliphatic hydroxyl groups excluding tert-OH is 1. The zero-order valence-corrected chi connectivity index (χ0v) is 10.5. The lowest BCUT2D eigenvalue weighted by Gasteiger charge is -2.04. The molecule has 5 nitrogen and oxygen atoms in total. The fourth-order valence-electron chi connectivity index (χ4n) is 1.16. The molecule has 0 spiro atoms. The van der Waals surface area contributed by atoms with E-state index in [4.69, 9.17) is 5.11 Å². The number of ether oxygens (including phenoxy) is 1. The Kier molecular flexibility index (Phi) is 8.05. The summed E-state index contributed by atoms with van der Waals surface area (Å²) in [7, 11) is 0. The van der Waals surface area contributed by atoms with Crippen molar-refractivity contribution >= 4 is 11.9 Å². The Morgan fingerprint density at radius 3 is 2.59 bits per heavy atom. The summed E-state index contributed by atoms with van der Waals surface area (Å²) in [5.74, 6) is -0.340. The fraction of sp³-hybridized carbons (Fsp3) is 0.667. The van der Waals surface area contributed by atoms with Crippen molar-refractivity contribution in [2.24, 2.45) is 0 Å². The van der Waals surface area contributed by atoms with Gasteiger partial charge in [-0.3, -0.25) is 4.79 Å². The minimum absolute atomic E-state index is 0.225. The van der Waals surface area contributed by atoms with Gasteiger partial charge in [0.15, 0.2) is 6.29 Å². The largest absolute Gasteiger partial charge is 0.433 e. The molecule has 0 radical (unpaired) electrons. The Bertz CT molecular complexity index is 264. The Morgan fingerprint density at radius 1 is 1.47 bits per heavy atom. The number of aliphatic hydroxyl groups is 1. The zero-order chi connectivity index (χ0) is 13.3. The van der Waals surface area contributed by atoms with E-state index in [0.29, 0.717) is 0 Å². The van der Waals surface area contributed by atoms with Crippen LogP contribution in [0.15, 0.2) is 12.2 Å². The number of carbonyl (C=O) groups excluding carboxylic acids is 2. The van der Waals surface area contributed by atoms with Crippen molar-refractivity contribution in [1.82, 2.24) is 5.32 Å². The smallest absolute Gasteiger partial charge is 0.335 e. The molecule has 0 aromatic carbocycles. The minimum atomic E-state index is -1.05. The molecule has 1 amide bonds. The molecule has 1 saturated heterocycles. The molecule has 0 aromatic rings. The number of hydrogen-bond acceptors (Lipinski definition) is 4. The lowest BCUT2D eigenvalue weighted by atomic mass is 10.2. The van der Waals surface area contributed by atoms with Crippen LogP contribution in [-0.2, 0) is 14.3 Å². The standard InChI is InChI=1S/C6H11NO.C6H10O3/c8-6-4-2-1-3-5-7-6;1-4(2)6(8)9-5(3)7/h1-5H2,(H,7,8);5,7H,1H2,2-3H3. The molecule has 1 heterocycles. The Balaban J connectivity index is 0.000000302. The van der Waals surface area contributed by atoms with Gasteiger partial charge in [0.2, 0.25) is 5.91 Å². The molecule has 0 saturated carbocycles. The van der Waals surface area contributed by atoms with Crippen LogP contribution in [0.3, 0.4) is 0 Å². The predicted molar refractivity (Wildman–Crippen MR) is 64.1 cm³/mol. The molecule has 1 rings (SSSR count). The van der Waals surface area contributed by atoms with Gasteiger partial charge in [0.1, 0.15) is 0 Å². The summed E-state index contributed by atoms with van der Waals surface area (Å²) in [6, 6.07) is 0. The van der Waals surface area contributed by atoms with Gasteiger partial charge < -0.3 is 15.2 Å². The highest BCUT2D eigenvalue weighted by atomic mass is 16.6. The van der Waals surface area contributed by atoms with E-state index in [2.05, 4.69) is 16.6 Å². The van der Waals surface area contributed by atoms with Crippen LogP contribution in [0.2, 0.25) is 0 Å². The molecule has 1 fully saturated rings. The first kappa shape index (κ1) is 15.6. The second kappa shape index (κ2) is 8.75. The lowest BCUT2D eigenvalue weighted by Crippen LogP contribution is -2.21. The van der Waals surface area contributed by atoms with Gasteiger partial charge in [0, 0.05) is 18.5 Å². The Morgan fingerprint density at radius 2 is 2.12 bits per heavy atom. The maximum atomic E-state index is 10.6. The summed E-state index contributed by atoms with van der Waals surface area (Å²) in [6.45, 7) is 7.09. The van der Waals surface area contributed by atoms with E-state index in [9.17, 15) is 9.59 Å². The van der Waals surface area contributed by atoms with Gasteiger partial charge >= 0.3 is 5.97 Å². The second-order valence-corrected chi connectivity index (χ2v) is 3.95. The van der Waals surface area contributed by atoms with E-state index in [0.717, 1.165) is 25.8 Å². The third-order valence-corrected chi connectivity index (χ3v) is 2.03. The first-order valence-corrected chi connectivity index (χ1v) is 5.74. The Labute approximate surface area is 102 Å². The summed E-state index contributed by atoms with van der Waals surface area (Å²) in [5, 5.41) is 11.3.